The SMILES string of the molecule is CCCc1cc(N(CC)CC)nc(Nc2ccc(Cl)cc2F)n1. The Morgan fingerprint density at radius 3 is 2.48 bits per heavy atom. The molecule has 124 valence electrons. The summed E-state index contributed by atoms with van der Waals surface area (Å²) in [5.74, 6) is 0.829. The first kappa shape index (κ1) is 17.5. The van der Waals surface area contributed by atoms with E-state index in [-0.39, 0.29) is 0 Å². The normalized spacial score (nSPS) is 10.7. The highest BCUT2D eigenvalue weighted by atomic mass is 35.5. The van der Waals surface area contributed by atoms with Gasteiger partial charge in [0.25, 0.3) is 0 Å². The van der Waals surface area contributed by atoms with Crippen molar-refractivity contribution in [3.63, 3.8) is 0 Å². The molecule has 2 rings (SSSR count). The van der Waals surface area contributed by atoms with Crippen LogP contribution < -0.4 is 10.2 Å². The fourth-order valence-electron chi connectivity index (χ4n) is 2.34. The highest BCUT2D eigenvalue weighted by Crippen LogP contribution is 2.23. The maximum Gasteiger partial charge on any atom is 0.229 e. The number of hydrogen-bond acceptors (Lipinski definition) is 4. The molecule has 0 amide bonds. The zero-order valence-corrected chi connectivity index (χ0v) is 14.5. The molecular weight excluding hydrogens is 315 g/mol. The molecule has 0 saturated carbocycles. The predicted octanol–water partition coefficient (Wildman–Crippen LogP) is 4.81. The van der Waals surface area contributed by atoms with Crippen molar-refractivity contribution in [2.75, 3.05) is 23.3 Å². The lowest BCUT2D eigenvalue weighted by molar-refractivity contribution is 0.631. The second kappa shape index (κ2) is 8.11. The highest BCUT2D eigenvalue weighted by molar-refractivity contribution is 6.30. The van der Waals surface area contributed by atoms with Crippen molar-refractivity contribution in [3.8, 4) is 0 Å². The van der Waals surface area contributed by atoms with Crippen LogP contribution in [0.5, 0.6) is 0 Å². The van der Waals surface area contributed by atoms with Crippen LogP contribution in [0.3, 0.4) is 0 Å². The molecule has 0 aliphatic heterocycles. The Morgan fingerprint density at radius 2 is 1.87 bits per heavy atom. The van der Waals surface area contributed by atoms with Crippen LogP contribution in [-0.2, 0) is 6.42 Å². The van der Waals surface area contributed by atoms with E-state index in [1.165, 1.54) is 6.07 Å². The minimum absolute atomic E-state index is 0.313. The van der Waals surface area contributed by atoms with Crippen LogP contribution in [-0.4, -0.2) is 23.1 Å². The van der Waals surface area contributed by atoms with Crippen molar-refractivity contribution >= 4 is 29.1 Å². The minimum atomic E-state index is -0.425. The van der Waals surface area contributed by atoms with Gasteiger partial charge in [-0.1, -0.05) is 24.9 Å². The third-order valence-corrected chi connectivity index (χ3v) is 3.77. The first-order chi connectivity index (χ1) is 11.1. The zero-order valence-electron chi connectivity index (χ0n) is 13.7. The van der Waals surface area contributed by atoms with Gasteiger partial charge in [-0.2, -0.15) is 4.98 Å². The second-order valence-electron chi connectivity index (χ2n) is 5.21. The first-order valence-corrected chi connectivity index (χ1v) is 8.30. The summed E-state index contributed by atoms with van der Waals surface area (Å²) in [6.07, 6.45) is 1.85. The summed E-state index contributed by atoms with van der Waals surface area (Å²) in [5, 5.41) is 3.32. The van der Waals surface area contributed by atoms with Crippen LogP contribution in [0.2, 0.25) is 5.02 Å². The lowest BCUT2D eigenvalue weighted by Crippen LogP contribution is -2.23. The molecule has 1 heterocycles. The van der Waals surface area contributed by atoms with Crippen molar-refractivity contribution in [3.05, 3.63) is 40.8 Å². The topological polar surface area (TPSA) is 41.1 Å². The highest BCUT2D eigenvalue weighted by Gasteiger charge is 2.11. The third kappa shape index (κ3) is 4.55. The molecule has 0 fully saturated rings. The average Bonchev–Trinajstić information content (AvgIpc) is 2.52. The number of rotatable bonds is 7. The van der Waals surface area contributed by atoms with E-state index in [1.807, 2.05) is 6.07 Å². The largest absolute Gasteiger partial charge is 0.357 e. The smallest absolute Gasteiger partial charge is 0.229 e. The van der Waals surface area contributed by atoms with Gasteiger partial charge < -0.3 is 10.2 Å². The monoisotopic (exact) mass is 336 g/mol. The fourth-order valence-corrected chi connectivity index (χ4v) is 2.50. The molecule has 2 aromatic rings. The lowest BCUT2D eigenvalue weighted by atomic mass is 10.2. The number of benzene rings is 1. The molecule has 0 saturated heterocycles. The molecule has 4 nitrogen and oxygen atoms in total. The molecule has 0 unspecified atom stereocenters. The zero-order chi connectivity index (χ0) is 16.8. The maximum absolute atomic E-state index is 14.0. The van der Waals surface area contributed by atoms with Crippen LogP contribution in [0.1, 0.15) is 32.9 Å². The molecule has 0 bridgehead atoms. The van der Waals surface area contributed by atoms with Gasteiger partial charge in [0, 0.05) is 29.9 Å². The Balaban J connectivity index is 2.36. The molecular formula is C17H22ClFN4. The standard InChI is InChI=1S/C17H22ClFN4/c1-4-7-13-11-16(23(5-2)6-3)22-17(20-13)21-15-9-8-12(18)10-14(15)19/h8-11H,4-7H2,1-3H3,(H,20,21,22). The van der Waals surface area contributed by atoms with E-state index in [4.69, 9.17) is 11.6 Å². The molecule has 0 aliphatic rings. The van der Waals surface area contributed by atoms with E-state index >= 15 is 0 Å². The molecule has 0 aliphatic carbocycles. The number of aryl methyl sites for hydroxylation is 1. The van der Waals surface area contributed by atoms with E-state index in [1.54, 1.807) is 12.1 Å². The first-order valence-electron chi connectivity index (χ1n) is 7.92. The van der Waals surface area contributed by atoms with Gasteiger partial charge in [0.05, 0.1) is 5.69 Å². The van der Waals surface area contributed by atoms with Gasteiger partial charge in [-0.05, 0) is 38.5 Å². The van der Waals surface area contributed by atoms with Crippen molar-refractivity contribution < 1.29 is 4.39 Å². The lowest BCUT2D eigenvalue weighted by Gasteiger charge is -2.21. The Bertz CT molecular complexity index is 659. The number of nitrogens with one attached hydrogen (secondary N) is 1. The van der Waals surface area contributed by atoms with Gasteiger partial charge in [0.15, 0.2) is 0 Å². The van der Waals surface area contributed by atoms with Gasteiger partial charge >= 0.3 is 0 Å². The molecule has 6 heteroatoms. The van der Waals surface area contributed by atoms with Crippen LogP contribution in [0.4, 0.5) is 21.8 Å². The Morgan fingerprint density at radius 1 is 1.13 bits per heavy atom. The molecule has 1 aromatic carbocycles. The van der Waals surface area contributed by atoms with Crippen molar-refractivity contribution in [2.24, 2.45) is 0 Å². The molecule has 1 N–H and O–H groups in total. The number of aromatic nitrogens is 2. The average molecular weight is 337 g/mol. The minimum Gasteiger partial charge on any atom is -0.357 e. The van der Waals surface area contributed by atoms with E-state index in [0.717, 1.165) is 37.4 Å². The van der Waals surface area contributed by atoms with Gasteiger partial charge in [-0.25, -0.2) is 9.37 Å². The van der Waals surface area contributed by atoms with Crippen molar-refractivity contribution in [1.29, 1.82) is 0 Å². The fraction of sp³-hybridized carbons (Fsp3) is 0.412. The Hall–Kier alpha value is -1.88. The number of anilines is 3. The molecule has 0 spiro atoms. The second-order valence-corrected chi connectivity index (χ2v) is 5.65. The maximum atomic E-state index is 14.0. The molecule has 23 heavy (non-hydrogen) atoms. The van der Waals surface area contributed by atoms with Crippen molar-refractivity contribution in [1.82, 2.24) is 9.97 Å². The van der Waals surface area contributed by atoms with E-state index in [2.05, 4.69) is 41.0 Å². The molecule has 0 atom stereocenters. The summed E-state index contributed by atoms with van der Waals surface area (Å²) in [7, 11) is 0. The summed E-state index contributed by atoms with van der Waals surface area (Å²) in [5.41, 5.74) is 1.26. The quantitative estimate of drug-likeness (QED) is 0.787. The van der Waals surface area contributed by atoms with Crippen molar-refractivity contribution in [2.45, 2.75) is 33.6 Å². The Labute approximate surface area is 141 Å². The van der Waals surface area contributed by atoms with Crippen LogP contribution in [0.25, 0.3) is 0 Å². The third-order valence-electron chi connectivity index (χ3n) is 3.54. The summed E-state index contributed by atoms with van der Waals surface area (Å²) < 4.78 is 14.0. The van der Waals surface area contributed by atoms with Gasteiger partial charge in [0.2, 0.25) is 5.95 Å². The van der Waals surface area contributed by atoms with Crippen LogP contribution >= 0.6 is 11.6 Å². The van der Waals surface area contributed by atoms with Crippen LogP contribution in [0.15, 0.2) is 24.3 Å². The van der Waals surface area contributed by atoms with Gasteiger partial charge in [-0.15, -0.1) is 0 Å². The summed E-state index contributed by atoms with van der Waals surface area (Å²) in [6.45, 7) is 7.97. The van der Waals surface area contributed by atoms with Gasteiger partial charge in [0.1, 0.15) is 11.6 Å². The van der Waals surface area contributed by atoms with E-state index < -0.39 is 5.82 Å². The summed E-state index contributed by atoms with van der Waals surface area (Å²) >= 11 is 5.79. The number of halogens is 2. The number of nitrogens with zero attached hydrogens (tertiary/aromatic N) is 3. The van der Waals surface area contributed by atoms with Gasteiger partial charge in [-0.3, -0.25) is 0 Å². The predicted molar refractivity (Wildman–Crippen MR) is 94.3 cm³/mol. The molecule has 0 radical (unpaired) electrons. The summed E-state index contributed by atoms with van der Waals surface area (Å²) in [4.78, 5) is 11.1. The Kier molecular flexibility index (Phi) is 6.16. The summed E-state index contributed by atoms with van der Waals surface area (Å²) in [6, 6.07) is 6.49. The van der Waals surface area contributed by atoms with E-state index in [9.17, 15) is 4.39 Å². The molecule has 1 aromatic heterocycles. The van der Waals surface area contributed by atoms with Crippen LogP contribution in [0, 0.1) is 5.82 Å². The van der Waals surface area contributed by atoms with E-state index in [0.29, 0.717) is 16.7 Å². The number of hydrogen-bond donors (Lipinski definition) is 1.